The van der Waals surface area contributed by atoms with Crippen LogP contribution in [0.2, 0.25) is 5.02 Å². The minimum absolute atomic E-state index is 0.245. The second kappa shape index (κ2) is 8.77. The Kier molecular flexibility index (Phi) is 6.18. The van der Waals surface area contributed by atoms with Gasteiger partial charge in [-0.2, -0.15) is 5.10 Å². The molecular weight excluding hydrogens is 368 g/mol. The van der Waals surface area contributed by atoms with Gasteiger partial charge in [0.05, 0.1) is 29.7 Å². The lowest BCUT2D eigenvalue weighted by molar-refractivity contribution is -0.0974. The van der Waals surface area contributed by atoms with Crippen LogP contribution in [-0.4, -0.2) is 47.7 Å². The topological polar surface area (TPSA) is 78.3 Å². The highest BCUT2D eigenvalue weighted by atomic mass is 35.5. The standard InChI is InChI=1S/C19H19ClN4O3/c1-26-18(27-2)11-22-19(25)13-3-8-17(21-9-13)14-10-23-24(12-14)16-6-4-15(20)5-7-16/h3-10,12,18H,11H2,1-2H3,(H,22,25). The van der Waals surface area contributed by atoms with Gasteiger partial charge in [0.2, 0.25) is 0 Å². The van der Waals surface area contributed by atoms with Crippen LogP contribution in [-0.2, 0) is 9.47 Å². The normalized spacial score (nSPS) is 11.0. The van der Waals surface area contributed by atoms with E-state index in [1.165, 1.54) is 20.4 Å². The summed E-state index contributed by atoms with van der Waals surface area (Å²) in [6.07, 6.45) is 4.63. The van der Waals surface area contributed by atoms with Crippen LogP contribution in [0.4, 0.5) is 0 Å². The molecule has 8 heteroatoms. The summed E-state index contributed by atoms with van der Waals surface area (Å²) in [6.45, 7) is 0.251. The maximum Gasteiger partial charge on any atom is 0.253 e. The molecule has 140 valence electrons. The van der Waals surface area contributed by atoms with Crippen LogP contribution in [0.25, 0.3) is 16.9 Å². The number of pyridine rings is 1. The van der Waals surface area contributed by atoms with Crippen LogP contribution >= 0.6 is 11.6 Å². The summed E-state index contributed by atoms with van der Waals surface area (Å²) in [6, 6.07) is 10.9. The van der Waals surface area contributed by atoms with Crippen molar-refractivity contribution in [1.82, 2.24) is 20.1 Å². The molecule has 3 rings (SSSR count). The first-order chi connectivity index (χ1) is 13.1. The summed E-state index contributed by atoms with van der Waals surface area (Å²) in [5.74, 6) is -0.245. The number of ether oxygens (including phenoxy) is 2. The van der Waals surface area contributed by atoms with Gasteiger partial charge in [0.15, 0.2) is 6.29 Å². The third-order valence-corrected chi connectivity index (χ3v) is 4.20. The number of halogens is 1. The van der Waals surface area contributed by atoms with Crippen molar-refractivity contribution in [3.8, 4) is 16.9 Å². The highest BCUT2D eigenvalue weighted by Gasteiger charge is 2.11. The Morgan fingerprint density at radius 2 is 1.89 bits per heavy atom. The molecule has 2 heterocycles. The molecule has 0 atom stereocenters. The van der Waals surface area contributed by atoms with Gasteiger partial charge in [0.25, 0.3) is 5.91 Å². The molecule has 1 aromatic carbocycles. The van der Waals surface area contributed by atoms with Crippen LogP contribution in [0.15, 0.2) is 55.0 Å². The van der Waals surface area contributed by atoms with Gasteiger partial charge >= 0.3 is 0 Å². The van der Waals surface area contributed by atoms with Gasteiger partial charge in [-0.1, -0.05) is 11.6 Å². The Labute approximate surface area is 161 Å². The van der Waals surface area contributed by atoms with Gasteiger partial charge in [-0.3, -0.25) is 9.78 Å². The Balaban J connectivity index is 1.68. The number of benzene rings is 1. The third-order valence-electron chi connectivity index (χ3n) is 3.95. The van der Waals surface area contributed by atoms with Gasteiger partial charge in [-0.05, 0) is 36.4 Å². The van der Waals surface area contributed by atoms with Crippen molar-refractivity contribution in [2.45, 2.75) is 6.29 Å². The lowest BCUT2D eigenvalue weighted by atomic mass is 10.2. The van der Waals surface area contributed by atoms with Gasteiger partial charge < -0.3 is 14.8 Å². The smallest absolute Gasteiger partial charge is 0.253 e. The average molecular weight is 387 g/mol. The van der Waals surface area contributed by atoms with Crippen LogP contribution < -0.4 is 5.32 Å². The number of methoxy groups -OCH3 is 2. The van der Waals surface area contributed by atoms with Crippen molar-refractivity contribution in [2.24, 2.45) is 0 Å². The molecule has 1 N–H and O–H groups in total. The summed E-state index contributed by atoms with van der Waals surface area (Å²) >= 11 is 5.91. The van der Waals surface area contributed by atoms with Crippen molar-refractivity contribution in [1.29, 1.82) is 0 Å². The number of nitrogens with one attached hydrogen (secondary N) is 1. The zero-order valence-corrected chi connectivity index (χ0v) is 15.7. The fourth-order valence-electron chi connectivity index (χ4n) is 2.43. The van der Waals surface area contributed by atoms with Crippen molar-refractivity contribution >= 4 is 17.5 Å². The molecular formula is C19H19ClN4O3. The van der Waals surface area contributed by atoms with E-state index in [-0.39, 0.29) is 12.5 Å². The van der Waals surface area contributed by atoms with Crippen LogP contribution in [0.3, 0.4) is 0 Å². The first-order valence-corrected chi connectivity index (χ1v) is 8.59. The maximum atomic E-state index is 12.2. The highest BCUT2D eigenvalue weighted by Crippen LogP contribution is 2.19. The lowest BCUT2D eigenvalue weighted by Gasteiger charge is -2.13. The van der Waals surface area contributed by atoms with Gasteiger partial charge in [0.1, 0.15) is 0 Å². The molecule has 1 amide bonds. The average Bonchev–Trinajstić information content (AvgIpc) is 3.19. The largest absolute Gasteiger partial charge is 0.354 e. The Morgan fingerprint density at radius 1 is 1.15 bits per heavy atom. The molecule has 7 nitrogen and oxygen atoms in total. The molecule has 0 fully saturated rings. The third kappa shape index (κ3) is 4.71. The molecule has 3 aromatic rings. The molecule has 0 saturated carbocycles. The minimum atomic E-state index is -0.486. The van der Waals surface area contributed by atoms with Gasteiger partial charge in [-0.15, -0.1) is 0 Å². The minimum Gasteiger partial charge on any atom is -0.354 e. The lowest BCUT2D eigenvalue weighted by Crippen LogP contribution is -2.34. The molecule has 2 aromatic heterocycles. The zero-order chi connectivity index (χ0) is 19.2. The SMILES string of the molecule is COC(CNC(=O)c1ccc(-c2cnn(-c3ccc(Cl)cc3)c2)nc1)OC. The number of aromatic nitrogens is 3. The Bertz CT molecular complexity index is 890. The van der Waals surface area contributed by atoms with Crippen molar-refractivity contribution in [3.05, 3.63) is 65.6 Å². The van der Waals surface area contributed by atoms with E-state index in [2.05, 4.69) is 15.4 Å². The van der Waals surface area contributed by atoms with Gasteiger partial charge in [0, 0.05) is 37.2 Å². The number of hydrogen-bond donors (Lipinski definition) is 1. The molecule has 0 bridgehead atoms. The zero-order valence-electron chi connectivity index (χ0n) is 14.9. The molecule has 0 radical (unpaired) electrons. The van der Waals surface area contributed by atoms with E-state index in [4.69, 9.17) is 21.1 Å². The summed E-state index contributed by atoms with van der Waals surface area (Å²) in [4.78, 5) is 16.5. The first kappa shape index (κ1) is 19.0. The van der Waals surface area contributed by atoms with E-state index >= 15 is 0 Å². The summed E-state index contributed by atoms with van der Waals surface area (Å²) in [7, 11) is 3.03. The maximum absolute atomic E-state index is 12.2. The van der Waals surface area contributed by atoms with E-state index in [0.29, 0.717) is 10.6 Å². The van der Waals surface area contributed by atoms with Crippen LogP contribution in [0.1, 0.15) is 10.4 Å². The Morgan fingerprint density at radius 3 is 2.52 bits per heavy atom. The molecule has 0 spiro atoms. The number of amides is 1. The molecule has 0 saturated heterocycles. The molecule has 0 aliphatic rings. The summed E-state index contributed by atoms with van der Waals surface area (Å²) in [5.41, 5.74) is 2.91. The summed E-state index contributed by atoms with van der Waals surface area (Å²) in [5, 5.41) is 7.75. The second-order valence-electron chi connectivity index (χ2n) is 5.69. The second-order valence-corrected chi connectivity index (χ2v) is 6.13. The predicted molar refractivity (Wildman–Crippen MR) is 102 cm³/mol. The first-order valence-electron chi connectivity index (χ1n) is 8.21. The number of carbonyl (C=O) groups is 1. The monoisotopic (exact) mass is 386 g/mol. The van der Waals surface area contributed by atoms with Crippen LogP contribution in [0, 0.1) is 0 Å². The molecule has 27 heavy (non-hydrogen) atoms. The van der Waals surface area contributed by atoms with E-state index in [1.54, 1.807) is 23.0 Å². The van der Waals surface area contributed by atoms with Gasteiger partial charge in [-0.25, -0.2) is 4.68 Å². The van der Waals surface area contributed by atoms with E-state index in [0.717, 1.165) is 16.9 Å². The van der Waals surface area contributed by atoms with Crippen molar-refractivity contribution in [3.63, 3.8) is 0 Å². The number of hydrogen-bond acceptors (Lipinski definition) is 5. The van der Waals surface area contributed by atoms with E-state index < -0.39 is 6.29 Å². The number of carbonyl (C=O) groups excluding carboxylic acids is 1. The van der Waals surface area contributed by atoms with E-state index in [9.17, 15) is 4.79 Å². The molecule has 0 unspecified atom stereocenters. The van der Waals surface area contributed by atoms with Crippen molar-refractivity contribution in [2.75, 3.05) is 20.8 Å². The quantitative estimate of drug-likeness (QED) is 0.631. The van der Waals surface area contributed by atoms with Crippen LogP contribution in [0.5, 0.6) is 0 Å². The van der Waals surface area contributed by atoms with Crippen molar-refractivity contribution < 1.29 is 14.3 Å². The Hall–Kier alpha value is -2.74. The molecule has 0 aliphatic carbocycles. The molecule has 0 aliphatic heterocycles. The highest BCUT2D eigenvalue weighted by molar-refractivity contribution is 6.30. The fraction of sp³-hybridized carbons (Fsp3) is 0.211. The summed E-state index contributed by atoms with van der Waals surface area (Å²) < 4.78 is 11.8. The predicted octanol–water partition coefficient (Wildman–Crippen LogP) is 2.94. The number of rotatable bonds is 7. The van der Waals surface area contributed by atoms with E-state index in [1.807, 2.05) is 30.5 Å². The number of nitrogens with zero attached hydrogens (tertiary/aromatic N) is 3. The fourth-order valence-corrected chi connectivity index (χ4v) is 2.56.